The third-order valence-electron chi connectivity index (χ3n) is 3.02. The summed E-state index contributed by atoms with van der Waals surface area (Å²) in [5.41, 5.74) is 9.34. The molecule has 0 saturated carbocycles. The van der Waals surface area contributed by atoms with Crippen LogP contribution in [0.15, 0.2) is 24.4 Å². The summed E-state index contributed by atoms with van der Waals surface area (Å²) in [6, 6.07) is 5.43. The fourth-order valence-corrected chi connectivity index (χ4v) is 2.09. The number of anilines is 2. The van der Waals surface area contributed by atoms with Crippen LogP contribution in [-0.2, 0) is 13.5 Å². The van der Waals surface area contributed by atoms with Gasteiger partial charge in [-0.15, -0.1) is 0 Å². The molecule has 0 atom stereocenters. The molecule has 0 bridgehead atoms. The maximum absolute atomic E-state index is 12.3. The Bertz CT molecular complexity index is 596. The first-order chi connectivity index (χ1) is 9.02. The molecular formula is C14H18N4O. The maximum Gasteiger partial charge on any atom is 0.258 e. The second kappa shape index (κ2) is 5.14. The molecule has 0 saturated heterocycles. The Morgan fingerprint density at radius 3 is 2.84 bits per heavy atom. The summed E-state index contributed by atoms with van der Waals surface area (Å²) in [6.45, 7) is 3.87. The summed E-state index contributed by atoms with van der Waals surface area (Å²) in [5, 5.41) is 7.17. The predicted molar refractivity (Wildman–Crippen MR) is 76.1 cm³/mol. The molecule has 0 unspecified atom stereocenters. The molecule has 3 N–H and O–H groups in total. The van der Waals surface area contributed by atoms with E-state index >= 15 is 0 Å². The van der Waals surface area contributed by atoms with Crippen LogP contribution in [0.3, 0.4) is 0 Å². The molecule has 0 aliphatic rings. The molecule has 0 spiro atoms. The van der Waals surface area contributed by atoms with Crippen LogP contribution in [0.1, 0.15) is 28.5 Å². The van der Waals surface area contributed by atoms with Gasteiger partial charge in [-0.05, 0) is 25.0 Å². The van der Waals surface area contributed by atoms with Crippen molar-refractivity contribution in [3.05, 3.63) is 41.2 Å². The van der Waals surface area contributed by atoms with Crippen molar-refractivity contribution in [3.8, 4) is 0 Å². The molecule has 1 aromatic heterocycles. The van der Waals surface area contributed by atoms with Gasteiger partial charge in [0.15, 0.2) is 0 Å². The van der Waals surface area contributed by atoms with Crippen LogP contribution in [0.5, 0.6) is 0 Å². The van der Waals surface area contributed by atoms with Gasteiger partial charge in [0.05, 0.1) is 16.9 Å². The van der Waals surface area contributed by atoms with Crippen LogP contribution in [0, 0.1) is 6.92 Å². The molecule has 1 aromatic carbocycles. The van der Waals surface area contributed by atoms with Gasteiger partial charge in [-0.1, -0.05) is 19.1 Å². The van der Waals surface area contributed by atoms with E-state index in [0.29, 0.717) is 11.3 Å². The number of hydrogen-bond acceptors (Lipinski definition) is 3. The van der Waals surface area contributed by atoms with E-state index in [0.717, 1.165) is 23.4 Å². The number of aromatic nitrogens is 2. The molecular weight excluding hydrogens is 240 g/mol. The van der Waals surface area contributed by atoms with Gasteiger partial charge in [-0.25, -0.2) is 0 Å². The number of carbonyl (C=O) groups excluding carboxylic acids is 1. The topological polar surface area (TPSA) is 72.9 Å². The third-order valence-corrected chi connectivity index (χ3v) is 3.02. The van der Waals surface area contributed by atoms with E-state index in [4.69, 9.17) is 5.73 Å². The zero-order valence-corrected chi connectivity index (χ0v) is 11.4. The average Bonchev–Trinajstić information content (AvgIpc) is 2.69. The van der Waals surface area contributed by atoms with Crippen molar-refractivity contribution in [2.75, 3.05) is 11.1 Å². The van der Waals surface area contributed by atoms with Crippen molar-refractivity contribution in [2.45, 2.75) is 20.3 Å². The van der Waals surface area contributed by atoms with Gasteiger partial charge < -0.3 is 11.1 Å². The second-order valence-electron chi connectivity index (χ2n) is 4.51. The monoisotopic (exact) mass is 258 g/mol. The summed E-state index contributed by atoms with van der Waals surface area (Å²) in [6.07, 6.45) is 2.56. The zero-order chi connectivity index (χ0) is 14.0. The number of nitrogen functional groups attached to an aromatic ring is 1. The van der Waals surface area contributed by atoms with Gasteiger partial charge in [0.25, 0.3) is 5.91 Å². The SMILES string of the molecule is CCc1nn(C)cc1NC(=O)c1c(C)cccc1N. The number of carbonyl (C=O) groups is 1. The predicted octanol–water partition coefficient (Wildman–Crippen LogP) is 2.13. The number of nitrogens with zero attached hydrogens (tertiary/aromatic N) is 2. The van der Waals surface area contributed by atoms with E-state index in [2.05, 4.69) is 10.4 Å². The van der Waals surface area contributed by atoms with E-state index in [1.54, 1.807) is 16.9 Å². The number of nitrogens with one attached hydrogen (secondary N) is 1. The molecule has 2 aromatic rings. The molecule has 1 amide bonds. The van der Waals surface area contributed by atoms with Crippen molar-refractivity contribution in [1.29, 1.82) is 0 Å². The molecule has 5 heteroatoms. The lowest BCUT2D eigenvalue weighted by Crippen LogP contribution is -2.16. The Balaban J connectivity index is 2.31. The normalized spacial score (nSPS) is 10.5. The molecule has 0 aliphatic heterocycles. The molecule has 5 nitrogen and oxygen atoms in total. The Kier molecular flexibility index (Phi) is 3.55. The minimum absolute atomic E-state index is 0.196. The van der Waals surface area contributed by atoms with E-state index in [-0.39, 0.29) is 5.91 Å². The number of aryl methyl sites for hydroxylation is 3. The summed E-state index contributed by atoms with van der Waals surface area (Å²) in [7, 11) is 1.83. The lowest BCUT2D eigenvalue weighted by molar-refractivity contribution is 0.102. The zero-order valence-electron chi connectivity index (χ0n) is 11.4. The van der Waals surface area contributed by atoms with Crippen LogP contribution < -0.4 is 11.1 Å². The maximum atomic E-state index is 12.3. The van der Waals surface area contributed by atoms with Crippen molar-refractivity contribution < 1.29 is 4.79 Å². The quantitative estimate of drug-likeness (QED) is 0.828. The lowest BCUT2D eigenvalue weighted by Gasteiger charge is -2.09. The number of benzene rings is 1. The number of nitrogens with two attached hydrogens (primary N) is 1. The Morgan fingerprint density at radius 2 is 2.21 bits per heavy atom. The van der Waals surface area contributed by atoms with Gasteiger partial charge in [-0.2, -0.15) is 5.10 Å². The van der Waals surface area contributed by atoms with Gasteiger partial charge >= 0.3 is 0 Å². The molecule has 0 aliphatic carbocycles. The lowest BCUT2D eigenvalue weighted by atomic mass is 10.1. The largest absolute Gasteiger partial charge is 0.398 e. The van der Waals surface area contributed by atoms with Crippen LogP contribution in [0.2, 0.25) is 0 Å². The highest BCUT2D eigenvalue weighted by Gasteiger charge is 2.15. The molecule has 1 heterocycles. The summed E-state index contributed by atoms with van der Waals surface area (Å²) in [4.78, 5) is 12.3. The van der Waals surface area contributed by atoms with Crippen molar-refractivity contribution in [3.63, 3.8) is 0 Å². The first-order valence-electron chi connectivity index (χ1n) is 6.22. The Hall–Kier alpha value is -2.30. The molecule has 0 fully saturated rings. The average molecular weight is 258 g/mol. The van der Waals surface area contributed by atoms with Crippen LogP contribution in [0.4, 0.5) is 11.4 Å². The van der Waals surface area contributed by atoms with Gasteiger partial charge in [0.2, 0.25) is 0 Å². The molecule has 2 rings (SSSR count). The molecule has 19 heavy (non-hydrogen) atoms. The highest BCUT2D eigenvalue weighted by molar-refractivity contribution is 6.08. The minimum atomic E-state index is -0.196. The van der Waals surface area contributed by atoms with Gasteiger partial charge in [-0.3, -0.25) is 9.48 Å². The van der Waals surface area contributed by atoms with Crippen LogP contribution in [-0.4, -0.2) is 15.7 Å². The first kappa shape index (κ1) is 13.1. The first-order valence-corrected chi connectivity index (χ1v) is 6.22. The Morgan fingerprint density at radius 1 is 1.47 bits per heavy atom. The van der Waals surface area contributed by atoms with Crippen LogP contribution in [0.25, 0.3) is 0 Å². The summed E-state index contributed by atoms with van der Waals surface area (Å²) >= 11 is 0. The second-order valence-corrected chi connectivity index (χ2v) is 4.51. The van der Waals surface area contributed by atoms with Crippen molar-refractivity contribution in [2.24, 2.45) is 7.05 Å². The standard InChI is InChI=1S/C14H18N4O/c1-4-11-12(8-18(3)17-11)16-14(19)13-9(2)6-5-7-10(13)15/h5-8H,4,15H2,1-3H3,(H,16,19). The smallest absolute Gasteiger partial charge is 0.258 e. The highest BCUT2D eigenvalue weighted by Crippen LogP contribution is 2.20. The summed E-state index contributed by atoms with van der Waals surface area (Å²) in [5.74, 6) is -0.196. The fourth-order valence-electron chi connectivity index (χ4n) is 2.09. The highest BCUT2D eigenvalue weighted by atomic mass is 16.1. The van der Waals surface area contributed by atoms with E-state index in [1.807, 2.05) is 33.0 Å². The van der Waals surface area contributed by atoms with Crippen LogP contribution >= 0.6 is 0 Å². The number of amides is 1. The Labute approximate surface area is 112 Å². The van der Waals surface area contributed by atoms with Gasteiger partial charge in [0.1, 0.15) is 0 Å². The van der Waals surface area contributed by atoms with Crippen molar-refractivity contribution in [1.82, 2.24) is 9.78 Å². The summed E-state index contributed by atoms with van der Waals surface area (Å²) < 4.78 is 1.69. The minimum Gasteiger partial charge on any atom is -0.398 e. The molecule has 0 radical (unpaired) electrons. The number of hydrogen-bond donors (Lipinski definition) is 2. The van der Waals surface area contributed by atoms with Gasteiger partial charge in [0, 0.05) is 18.9 Å². The van der Waals surface area contributed by atoms with E-state index in [9.17, 15) is 4.79 Å². The van der Waals surface area contributed by atoms with Crippen molar-refractivity contribution >= 4 is 17.3 Å². The number of rotatable bonds is 3. The third kappa shape index (κ3) is 2.59. The fraction of sp³-hybridized carbons (Fsp3) is 0.286. The van der Waals surface area contributed by atoms with E-state index in [1.165, 1.54) is 0 Å². The molecule has 100 valence electrons. The van der Waals surface area contributed by atoms with E-state index < -0.39 is 0 Å².